The van der Waals surface area contributed by atoms with Gasteiger partial charge in [-0.15, -0.1) is 0 Å². The minimum absolute atomic E-state index is 0.0146. The second-order valence-electron chi connectivity index (χ2n) is 6.40. The fraction of sp³-hybridized carbons (Fsp3) is 0.647. The van der Waals surface area contributed by atoms with Crippen molar-refractivity contribution < 1.29 is 19.1 Å². The monoisotopic (exact) mass is 348 g/mol. The number of aromatic nitrogens is 2. The summed E-state index contributed by atoms with van der Waals surface area (Å²) in [6.45, 7) is 2.56. The number of methoxy groups -OCH3 is 1. The van der Waals surface area contributed by atoms with E-state index < -0.39 is 0 Å². The first-order chi connectivity index (χ1) is 12.2. The maximum atomic E-state index is 12.6. The lowest BCUT2D eigenvalue weighted by Crippen LogP contribution is -2.51. The number of likely N-dealkylation sites (tertiary alicyclic amines) is 1. The molecule has 25 heavy (non-hydrogen) atoms. The van der Waals surface area contributed by atoms with Crippen molar-refractivity contribution >= 4 is 11.8 Å². The van der Waals surface area contributed by atoms with Gasteiger partial charge >= 0.3 is 0 Å². The molecule has 2 saturated heterocycles. The van der Waals surface area contributed by atoms with E-state index in [2.05, 4.69) is 10.2 Å². The molecule has 0 saturated carbocycles. The number of ether oxygens (including phenoxy) is 2. The van der Waals surface area contributed by atoms with Gasteiger partial charge in [0.05, 0.1) is 24.0 Å². The molecule has 136 valence electrons. The van der Waals surface area contributed by atoms with Crippen LogP contribution in [0, 0.1) is 0 Å². The minimum atomic E-state index is -0.0662. The van der Waals surface area contributed by atoms with Gasteiger partial charge in [0.25, 0.3) is 5.91 Å². The molecule has 0 aliphatic carbocycles. The van der Waals surface area contributed by atoms with E-state index in [1.54, 1.807) is 11.0 Å². The van der Waals surface area contributed by atoms with Crippen LogP contribution in [0.1, 0.15) is 29.6 Å². The summed E-state index contributed by atoms with van der Waals surface area (Å²) in [5.74, 6) is -0.0807. The molecule has 0 aromatic carbocycles. The number of hydrogen-bond acceptors (Lipinski definition) is 6. The van der Waals surface area contributed by atoms with Crippen molar-refractivity contribution in [3.05, 3.63) is 24.0 Å². The fourth-order valence-electron chi connectivity index (χ4n) is 3.62. The lowest BCUT2D eigenvalue weighted by molar-refractivity contribution is -0.142. The molecule has 1 aromatic heterocycles. The van der Waals surface area contributed by atoms with Gasteiger partial charge in [-0.2, -0.15) is 10.2 Å². The van der Waals surface area contributed by atoms with E-state index in [9.17, 15) is 9.59 Å². The van der Waals surface area contributed by atoms with Gasteiger partial charge in [0.2, 0.25) is 5.91 Å². The first kappa shape index (κ1) is 17.8. The van der Waals surface area contributed by atoms with Crippen LogP contribution in [0.4, 0.5) is 0 Å². The Kier molecular flexibility index (Phi) is 5.93. The van der Waals surface area contributed by atoms with Crippen molar-refractivity contribution in [2.24, 2.45) is 0 Å². The molecule has 8 heteroatoms. The number of carbonyl (C=O) groups excluding carboxylic acids is 2. The van der Waals surface area contributed by atoms with Crippen LogP contribution in [0.25, 0.3) is 0 Å². The SMILES string of the molecule is COCC(=O)N(C1CCOCC1)C1CCN(C(=O)c2ccnnc2)C1. The average molecular weight is 348 g/mol. The predicted octanol–water partition coefficient (Wildman–Crippen LogP) is 0.345. The molecule has 0 bridgehead atoms. The Hall–Kier alpha value is -2.06. The second-order valence-corrected chi connectivity index (χ2v) is 6.40. The van der Waals surface area contributed by atoms with Crippen molar-refractivity contribution in [3.8, 4) is 0 Å². The highest BCUT2D eigenvalue weighted by atomic mass is 16.5. The maximum Gasteiger partial charge on any atom is 0.255 e. The molecule has 0 N–H and O–H groups in total. The summed E-state index contributed by atoms with van der Waals surface area (Å²) in [5, 5.41) is 7.47. The smallest absolute Gasteiger partial charge is 0.255 e. The van der Waals surface area contributed by atoms with Gasteiger partial charge in [0, 0.05) is 39.5 Å². The third-order valence-electron chi connectivity index (χ3n) is 4.82. The standard InChI is InChI=1S/C17H24N4O4/c1-24-12-16(22)21(14-4-8-25-9-5-14)15-3-7-20(11-15)17(23)13-2-6-18-19-10-13/h2,6,10,14-15H,3-5,7-9,11-12H2,1H3. The third-order valence-corrected chi connectivity index (χ3v) is 4.82. The molecular formula is C17H24N4O4. The highest BCUT2D eigenvalue weighted by Gasteiger charge is 2.37. The minimum Gasteiger partial charge on any atom is -0.381 e. The third kappa shape index (κ3) is 4.13. The molecule has 2 aliphatic heterocycles. The first-order valence-electron chi connectivity index (χ1n) is 8.64. The zero-order valence-electron chi connectivity index (χ0n) is 14.5. The van der Waals surface area contributed by atoms with Crippen molar-refractivity contribution in [2.75, 3.05) is 40.0 Å². The number of rotatable bonds is 5. The Morgan fingerprint density at radius 1 is 1.28 bits per heavy atom. The van der Waals surface area contributed by atoms with Gasteiger partial charge in [0.15, 0.2) is 0 Å². The van der Waals surface area contributed by atoms with Crippen molar-refractivity contribution in [1.29, 1.82) is 0 Å². The van der Waals surface area contributed by atoms with E-state index in [0.717, 1.165) is 19.3 Å². The first-order valence-corrected chi connectivity index (χ1v) is 8.64. The number of amides is 2. The van der Waals surface area contributed by atoms with E-state index in [1.807, 2.05) is 4.90 Å². The maximum absolute atomic E-state index is 12.6. The van der Waals surface area contributed by atoms with Crippen LogP contribution in [0.2, 0.25) is 0 Å². The molecule has 0 radical (unpaired) electrons. The van der Waals surface area contributed by atoms with Crippen molar-refractivity contribution in [1.82, 2.24) is 20.0 Å². The number of hydrogen-bond donors (Lipinski definition) is 0. The zero-order chi connectivity index (χ0) is 17.6. The van der Waals surface area contributed by atoms with Crippen LogP contribution >= 0.6 is 0 Å². The molecule has 3 rings (SSSR count). The Labute approximate surface area is 147 Å². The van der Waals surface area contributed by atoms with Crippen LogP contribution in [0.3, 0.4) is 0 Å². The molecular weight excluding hydrogens is 324 g/mol. The van der Waals surface area contributed by atoms with E-state index in [0.29, 0.717) is 31.9 Å². The van der Waals surface area contributed by atoms with E-state index in [4.69, 9.17) is 9.47 Å². The summed E-state index contributed by atoms with van der Waals surface area (Å²) in [7, 11) is 1.53. The molecule has 2 aliphatic rings. The summed E-state index contributed by atoms with van der Waals surface area (Å²) in [6, 6.07) is 1.83. The molecule has 8 nitrogen and oxygen atoms in total. The van der Waals surface area contributed by atoms with Gasteiger partial charge in [-0.3, -0.25) is 9.59 Å². The molecule has 0 spiro atoms. The Morgan fingerprint density at radius 2 is 2.08 bits per heavy atom. The average Bonchev–Trinajstić information content (AvgIpc) is 3.13. The highest BCUT2D eigenvalue weighted by molar-refractivity contribution is 5.94. The van der Waals surface area contributed by atoms with Gasteiger partial charge in [-0.1, -0.05) is 0 Å². The lowest BCUT2D eigenvalue weighted by atomic mass is 10.0. The Balaban J connectivity index is 1.69. The Bertz CT molecular complexity index is 592. The van der Waals surface area contributed by atoms with Crippen LogP contribution in [0.15, 0.2) is 18.5 Å². The van der Waals surface area contributed by atoms with Crippen LogP contribution < -0.4 is 0 Å². The van der Waals surface area contributed by atoms with E-state index in [1.165, 1.54) is 19.5 Å². The van der Waals surface area contributed by atoms with Gasteiger partial charge < -0.3 is 19.3 Å². The summed E-state index contributed by atoms with van der Waals surface area (Å²) in [4.78, 5) is 28.9. The normalized spacial score (nSPS) is 21.3. The summed E-state index contributed by atoms with van der Waals surface area (Å²) in [6.07, 6.45) is 5.42. The lowest BCUT2D eigenvalue weighted by Gasteiger charge is -2.38. The van der Waals surface area contributed by atoms with Gasteiger partial charge in [0.1, 0.15) is 6.61 Å². The van der Waals surface area contributed by atoms with E-state index in [-0.39, 0.29) is 30.5 Å². The number of nitrogens with zero attached hydrogens (tertiary/aromatic N) is 4. The summed E-state index contributed by atoms with van der Waals surface area (Å²) in [5.41, 5.74) is 0.525. The van der Waals surface area contributed by atoms with Crippen molar-refractivity contribution in [2.45, 2.75) is 31.3 Å². The largest absolute Gasteiger partial charge is 0.381 e. The molecule has 2 amide bonds. The quantitative estimate of drug-likeness (QED) is 0.763. The van der Waals surface area contributed by atoms with Gasteiger partial charge in [-0.05, 0) is 25.3 Å². The topological polar surface area (TPSA) is 84.9 Å². The van der Waals surface area contributed by atoms with Gasteiger partial charge in [-0.25, -0.2) is 0 Å². The van der Waals surface area contributed by atoms with Crippen molar-refractivity contribution in [3.63, 3.8) is 0 Å². The summed E-state index contributed by atoms with van der Waals surface area (Å²) >= 11 is 0. The zero-order valence-corrected chi connectivity index (χ0v) is 14.5. The molecule has 2 fully saturated rings. The number of carbonyl (C=O) groups is 2. The summed E-state index contributed by atoms with van der Waals surface area (Å²) < 4.78 is 10.5. The van der Waals surface area contributed by atoms with E-state index >= 15 is 0 Å². The predicted molar refractivity (Wildman–Crippen MR) is 88.9 cm³/mol. The second kappa shape index (κ2) is 8.35. The van der Waals surface area contributed by atoms with Crippen LogP contribution in [-0.4, -0.2) is 83.9 Å². The highest BCUT2D eigenvalue weighted by Crippen LogP contribution is 2.24. The molecule has 1 unspecified atom stereocenters. The molecule has 1 aromatic rings. The molecule has 1 atom stereocenters. The van der Waals surface area contributed by atoms with Crippen LogP contribution in [-0.2, 0) is 14.3 Å². The molecule has 3 heterocycles. The van der Waals surface area contributed by atoms with Crippen LogP contribution in [0.5, 0.6) is 0 Å². The fourth-order valence-corrected chi connectivity index (χ4v) is 3.62. The Morgan fingerprint density at radius 3 is 2.76 bits per heavy atom.